The Morgan fingerprint density at radius 2 is 1.65 bits per heavy atom. The summed E-state index contributed by atoms with van der Waals surface area (Å²) in [5, 5.41) is 24.0. The number of hydrogen-bond acceptors (Lipinski definition) is 5. The van der Waals surface area contributed by atoms with Crippen LogP contribution in [-0.4, -0.2) is 33.3 Å². The number of aromatic hydroxyl groups is 2. The van der Waals surface area contributed by atoms with Crippen molar-refractivity contribution in [3.8, 4) is 11.5 Å². The van der Waals surface area contributed by atoms with Crippen molar-refractivity contribution >= 4 is 18.0 Å². The second-order valence-electron chi connectivity index (χ2n) is 6.32. The Morgan fingerprint density at radius 1 is 1.04 bits per heavy atom. The topological polar surface area (TPSA) is 90.2 Å². The summed E-state index contributed by atoms with van der Waals surface area (Å²) in [6, 6.07) is 4.05. The number of hydrazone groups is 1. The summed E-state index contributed by atoms with van der Waals surface area (Å²) in [6.07, 6.45) is 7.27. The van der Waals surface area contributed by atoms with Gasteiger partial charge >= 0.3 is 0 Å². The van der Waals surface area contributed by atoms with Crippen LogP contribution in [0.5, 0.6) is 11.5 Å². The molecule has 1 saturated heterocycles. The van der Waals surface area contributed by atoms with Crippen molar-refractivity contribution < 1.29 is 19.8 Å². The van der Waals surface area contributed by atoms with E-state index in [9.17, 15) is 19.8 Å². The fourth-order valence-corrected chi connectivity index (χ4v) is 3.93. The van der Waals surface area contributed by atoms with Crippen molar-refractivity contribution in [1.82, 2.24) is 5.01 Å². The van der Waals surface area contributed by atoms with Crippen LogP contribution in [-0.2, 0) is 9.59 Å². The Labute approximate surface area is 132 Å². The normalized spacial score (nSPS) is 32.1. The minimum Gasteiger partial charge on any atom is -0.508 e. The van der Waals surface area contributed by atoms with Crippen molar-refractivity contribution in [3.63, 3.8) is 0 Å². The van der Waals surface area contributed by atoms with Crippen LogP contribution >= 0.6 is 0 Å². The zero-order chi connectivity index (χ0) is 16.1. The third-order valence-electron chi connectivity index (χ3n) is 5.06. The van der Waals surface area contributed by atoms with E-state index in [4.69, 9.17) is 0 Å². The third kappa shape index (κ3) is 2.05. The van der Waals surface area contributed by atoms with Crippen molar-refractivity contribution in [2.24, 2.45) is 28.8 Å². The second kappa shape index (κ2) is 4.94. The Kier molecular flexibility index (Phi) is 3.01. The van der Waals surface area contributed by atoms with Crippen LogP contribution in [0.15, 0.2) is 35.5 Å². The number of allylic oxidation sites excluding steroid dienone is 2. The number of imide groups is 1. The fourth-order valence-electron chi connectivity index (χ4n) is 3.93. The highest BCUT2D eigenvalue weighted by Crippen LogP contribution is 2.49. The zero-order valence-electron chi connectivity index (χ0n) is 12.3. The smallest absolute Gasteiger partial charge is 0.254 e. The van der Waals surface area contributed by atoms with Gasteiger partial charge in [-0.05, 0) is 36.8 Å². The lowest BCUT2D eigenvalue weighted by Gasteiger charge is -2.37. The van der Waals surface area contributed by atoms with E-state index < -0.39 is 0 Å². The first-order chi connectivity index (χ1) is 11.1. The van der Waals surface area contributed by atoms with Gasteiger partial charge in [-0.15, -0.1) is 0 Å². The minimum atomic E-state index is -0.295. The summed E-state index contributed by atoms with van der Waals surface area (Å²) in [4.78, 5) is 25.1. The number of amides is 2. The van der Waals surface area contributed by atoms with Gasteiger partial charge in [0.1, 0.15) is 11.5 Å². The Morgan fingerprint density at radius 3 is 2.17 bits per heavy atom. The maximum Gasteiger partial charge on any atom is 0.254 e. The molecule has 1 aromatic rings. The Bertz CT molecular complexity index is 723. The van der Waals surface area contributed by atoms with E-state index in [0.717, 1.165) is 17.9 Å². The van der Waals surface area contributed by atoms with Gasteiger partial charge in [0.25, 0.3) is 11.8 Å². The molecule has 1 aliphatic heterocycles. The molecule has 0 aromatic heterocycles. The van der Waals surface area contributed by atoms with Crippen molar-refractivity contribution in [2.45, 2.75) is 12.8 Å². The lowest BCUT2D eigenvalue weighted by molar-refractivity contribution is -0.140. The molecule has 2 fully saturated rings. The molecule has 3 aliphatic carbocycles. The first kappa shape index (κ1) is 14.0. The molecule has 2 N–H and O–H groups in total. The third-order valence-corrected chi connectivity index (χ3v) is 5.06. The fraction of sp³-hybridized carbons (Fsp3) is 0.353. The van der Waals surface area contributed by atoms with Gasteiger partial charge in [-0.2, -0.15) is 10.1 Å². The molecular weight excluding hydrogens is 296 g/mol. The number of rotatable bonds is 2. The van der Waals surface area contributed by atoms with Crippen LogP contribution in [0.3, 0.4) is 0 Å². The van der Waals surface area contributed by atoms with Gasteiger partial charge in [-0.3, -0.25) is 9.59 Å². The maximum atomic E-state index is 12.6. The maximum absolute atomic E-state index is 12.6. The molecule has 23 heavy (non-hydrogen) atoms. The van der Waals surface area contributed by atoms with Gasteiger partial charge in [-0.25, -0.2) is 0 Å². The van der Waals surface area contributed by atoms with E-state index in [1.807, 2.05) is 0 Å². The minimum absolute atomic E-state index is 0.0679. The molecule has 1 heterocycles. The predicted molar refractivity (Wildman–Crippen MR) is 81.6 cm³/mol. The van der Waals surface area contributed by atoms with E-state index in [1.165, 1.54) is 24.4 Å². The number of phenols is 2. The number of carbonyl (C=O) groups is 2. The molecule has 2 amide bonds. The molecule has 2 bridgehead atoms. The summed E-state index contributed by atoms with van der Waals surface area (Å²) in [6.45, 7) is 0. The molecule has 0 unspecified atom stereocenters. The molecular formula is C17H16N2O4. The quantitative estimate of drug-likeness (QED) is 0.493. The second-order valence-corrected chi connectivity index (χ2v) is 6.32. The zero-order valence-corrected chi connectivity index (χ0v) is 12.3. The monoisotopic (exact) mass is 312 g/mol. The number of nitrogens with zero attached hydrogens (tertiary/aromatic N) is 2. The predicted octanol–water partition coefficient (Wildman–Crippen LogP) is 1.63. The number of benzene rings is 1. The van der Waals surface area contributed by atoms with Crippen LogP contribution in [0.1, 0.15) is 18.4 Å². The Balaban J connectivity index is 1.62. The molecule has 6 heteroatoms. The van der Waals surface area contributed by atoms with E-state index in [2.05, 4.69) is 17.3 Å². The molecule has 6 nitrogen and oxygen atoms in total. The molecule has 118 valence electrons. The highest BCUT2D eigenvalue weighted by atomic mass is 16.3. The number of fused-ring (bicyclic) bond motifs is 1. The van der Waals surface area contributed by atoms with Crippen LogP contribution < -0.4 is 0 Å². The first-order valence-electron chi connectivity index (χ1n) is 7.68. The number of hydrogen-bond donors (Lipinski definition) is 2. The first-order valence-corrected chi connectivity index (χ1v) is 7.68. The lowest BCUT2D eigenvalue weighted by Crippen LogP contribution is -2.38. The molecule has 1 saturated carbocycles. The summed E-state index contributed by atoms with van der Waals surface area (Å²) in [7, 11) is 0. The number of carbonyl (C=O) groups excluding carboxylic acids is 2. The highest BCUT2D eigenvalue weighted by molar-refractivity contribution is 6.06. The average Bonchev–Trinajstić information content (AvgIpc) is 2.82. The molecule has 0 spiro atoms. The molecule has 4 atom stereocenters. The highest BCUT2D eigenvalue weighted by Gasteiger charge is 2.56. The molecule has 0 radical (unpaired) electrons. The standard InChI is InChI=1S/C17H16N2O4/c20-12-6-5-11(13(21)7-12)8-18-19-16(22)14-9-1-2-10(4-3-9)15(14)17(19)23/h1-2,5-10,14-15,20-21H,3-4H2/b18-8+/t9-,10+,14-,15+. The molecule has 5 rings (SSSR count). The van der Waals surface area contributed by atoms with Crippen LogP contribution in [0.4, 0.5) is 0 Å². The van der Waals surface area contributed by atoms with Crippen LogP contribution in [0, 0.1) is 23.7 Å². The summed E-state index contributed by atoms with van der Waals surface area (Å²) >= 11 is 0. The Hall–Kier alpha value is -2.63. The number of phenolic OH excluding ortho intramolecular Hbond substituents is 2. The van der Waals surface area contributed by atoms with Gasteiger partial charge in [0.15, 0.2) is 0 Å². The summed E-state index contributed by atoms with van der Waals surface area (Å²) in [5.74, 6) is -1.07. The molecule has 1 aromatic carbocycles. The van der Waals surface area contributed by atoms with Crippen molar-refractivity contribution in [2.75, 3.05) is 0 Å². The van der Waals surface area contributed by atoms with Gasteiger partial charge in [-0.1, -0.05) is 12.2 Å². The van der Waals surface area contributed by atoms with Gasteiger partial charge in [0.2, 0.25) is 0 Å². The lowest BCUT2D eigenvalue weighted by atomic mass is 9.63. The van der Waals surface area contributed by atoms with Crippen LogP contribution in [0.2, 0.25) is 0 Å². The average molecular weight is 312 g/mol. The summed E-state index contributed by atoms with van der Waals surface area (Å²) < 4.78 is 0. The van der Waals surface area contributed by atoms with Crippen molar-refractivity contribution in [3.05, 3.63) is 35.9 Å². The SMILES string of the molecule is O=C1[C@@H]2[C@H](C(=O)N1/N=C/c1ccc(O)cc1O)[C@@H]1C=C[C@H]2CC1. The van der Waals surface area contributed by atoms with E-state index in [-0.39, 0.29) is 47.0 Å². The van der Waals surface area contributed by atoms with Gasteiger partial charge in [0.05, 0.1) is 18.1 Å². The van der Waals surface area contributed by atoms with Gasteiger partial charge in [0, 0.05) is 11.6 Å². The largest absolute Gasteiger partial charge is 0.508 e. The van der Waals surface area contributed by atoms with Gasteiger partial charge < -0.3 is 10.2 Å². The van der Waals surface area contributed by atoms with E-state index >= 15 is 0 Å². The summed E-state index contributed by atoms with van der Waals surface area (Å²) in [5.41, 5.74) is 0.333. The van der Waals surface area contributed by atoms with Crippen LogP contribution in [0.25, 0.3) is 0 Å². The van der Waals surface area contributed by atoms with Crippen molar-refractivity contribution in [1.29, 1.82) is 0 Å². The molecule has 4 aliphatic rings. The van der Waals surface area contributed by atoms with E-state index in [0.29, 0.717) is 5.56 Å². The van der Waals surface area contributed by atoms with E-state index in [1.54, 1.807) is 0 Å².